The van der Waals surface area contributed by atoms with Crippen molar-refractivity contribution < 1.29 is 4.92 Å². The van der Waals surface area contributed by atoms with Crippen molar-refractivity contribution in [1.29, 1.82) is 0 Å². The molecular weight excluding hydrogens is 262 g/mol. The van der Waals surface area contributed by atoms with Gasteiger partial charge in [-0.25, -0.2) is 4.98 Å². The summed E-state index contributed by atoms with van der Waals surface area (Å²) in [5.41, 5.74) is 2.10. The Hall–Kier alpha value is -2.64. The standard InChI is InChI=1S/C12H13N5O3/c1-7-4-10(17(19)20)11(13-5-7)16-3-2-8-9(6-16)14-15-12(8)18/h4-5H,2-3,6H2,1H3,(H2,14,15,18). The lowest BCUT2D eigenvalue weighted by molar-refractivity contribution is -0.384. The summed E-state index contributed by atoms with van der Waals surface area (Å²) < 4.78 is 0. The lowest BCUT2D eigenvalue weighted by atomic mass is 10.1. The molecule has 2 aromatic heterocycles. The van der Waals surface area contributed by atoms with Gasteiger partial charge in [0.1, 0.15) is 0 Å². The van der Waals surface area contributed by atoms with Crippen LogP contribution in [0.15, 0.2) is 17.1 Å². The number of nitro groups is 1. The molecule has 0 atom stereocenters. The number of nitrogens with zero attached hydrogens (tertiary/aromatic N) is 3. The highest BCUT2D eigenvalue weighted by molar-refractivity contribution is 5.59. The van der Waals surface area contributed by atoms with E-state index in [0.29, 0.717) is 25.3 Å². The Labute approximate surface area is 113 Å². The summed E-state index contributed by atoms with van der Waals surface area (Å²) >= 11 is 0. The van der Waals surface area contributed by atoms with E-state index in [1.165, 1.54) is 6.07 Å². The zero-order valence-corrected chi connectivity index (χ0v) is 10.8. The largest absolute Gasteiger partial charge is 0.345 e. The number of hydrogen-bond donors (Lipinski definition) is 2. The second-order valence-corrected chi connectivity index (χ2v) is 4.82. The Morgan fingerprint density at radius 3 is 3.00 bits per heavy atom. The second kappa shape index (κ2) is 4.48. The Kier molecular flexibility index (Phi) is 2.78. The zero-order chi connectivity index (χ0) is 14.3. The lowest BCUT2D eigenvalue weighted by Crippen LogP contribution is -2.33. The molecule has 0 fully saturated rings. The Balaban J connectivity index is 1.99. The number of pyridine rings is 1. The van der Waals surface area contributed by atoms with Gasteiger partial charge in [-0.05, 0) is 18.9 Å². The number of aromatic amines is 2. The average Bonchev–Trinajstić information content (AvgIpc) is 2.80. The van der Waals surface area contributed by atoms with Crippen LogP contribution in [0.2, 0.25) is 0 Å². The molecule has 8 heteroatoms. The summed E-state index contributed by atoms with van der Waals surface area (Å²) in [5, 5.41) is 16.5. The predicted molar refractivity (Wildman–Crippen MR) is 71.8 cm³/mol. The third-order valence-corrected chi connectivity index (χ3v) is 3.43. The average molecular weight is 275 g/mol. The van der Waals surface area contributed by atoms with E-state index < -0.39 is 4.92 Å². The Bertz CT molecular complexity index is 733. The smallest absolute Gasteiger partial charge is 0.311 e. The van der Waals surface area contributed by atoms with Crippen molar-refractivity contribution in [1.82, 2.24) is 15.2 Å². The number of hydrogen-bond acceptors (Lipinski definition) is 5. The van der Waals surface area contributed by atoms with E-state index in [2.05, 4.69) is 15.2 Å². The van der Waals surface area contributed by atoms with Crippen LogP contribution in [0.5, 0.6) is 0 Å². The molecule has 20 heavy (non-hydrogen) atoms. The molecule has 0 aliphatic carbocycles. The van der Waals surface area contributed by atoms with Gasteiger partial charge in [-0.15, -0.1) is 0 Å². The van der Waals surface area contributed by atoms with E-state index in [1.807, 2.05) is 4.90 Å². The molecule has 0 radical (unpaired) electrons. The maximum absolute atomic E-state index is 11.5. The first-order valence-electron chi connectivity index (χ1n) is 6.20. The van der Waals surface area contributed by atoms with Gasteiger partial charge in [0.2, 0.25) is 5.82 Å². The summed E-state index contributed by atoms with van der Waals surface area (Å²) in [6.45, 7) is 2.71. The maximum atomic E-state index is 11.5. The third-order valence-electron chi connectivity index (χ3n) is 3.43. The lowest BCUT2D eigenvalue weighted by Gasteiger charge is -2.26. The van der Waals surface area contributed by atoms with Crippen molar-refractivity contribution in [3.8, 4) is 0 Å². The van der Waals surface area contributed by atoms with Crippen LogP contribution in [0.1, 0.15) is 16.8 Å². The highest BCUT2D eigenvalue weighted by Crippen LogP contribution is 2.29. The van der Waals surface area contributed by atoms with E-state index in [-0.39, 0.29) is 11.2 Å². The van der Waals surface area contributed by atoms with Crippen molar-refractivity contribution >= 4 is 11.5 Å². The van der Waals surface area contributed by atoms with Gasteiger partial charge in [0.05, 0.1) is 17.2 Å². The van der Waals surface area contributed by atoms with Gasteiger partial charge in [-0.1, -0.05) is 0 Å². The first-order chi connectivity index (χ1) is 9.56. The van der Waals surface area contributed by atoms with Crippen LogP contribution in [0, 0.1) is 17.0 Å². The number of aromatic nitrogens is 3. The van der Waals surface area contributed by atoms with Crippen LogP contribution in [-0.4, -0.2) is 26.6 Å². The molecule has 3 rings (SSSR count). The van der Waals surface area contributed by atoms with Crippen molar-refractivity contribution in [2.75, 3.05) is 11.4 Å². The number of fused-ring (bicyclic) bond motifs is 1. The second-order valence-electron chi connectivity index (χ2n) is 4.82. The van der Waals surface area contributed by atoms with E-state index >= 15 is 0 Å². The number of H-pyrrole nitrogens is 2. The molecular formula is C12H13N5O3. The van der Waals surface area contributed by atoms with E-state index in [1.54, 1.807) is 13.1 Å². The Morgan fingerprint density at radius 1 is 1.45 bits per heavy atom. The van der Waals surface area contributed by atoms with Crippen molar-refractivity contribution in [3.63, 3.8) is 0 Å². The fourth-order valence-electron chi connectivity index (χ4n) is 2.44. The molecule has 3 heterocycles. The van der Waals surface area contributed by atoms with E-state index in [0.717, 1.165) is 16.8 Å². The molecule has 0 saturated heterocycles. The molecule has 0 bridgehead atoms. The minimum absolute atomic E-state index is 0.00803. The number of anilines is 1. The van der Waals surface area contributed by atoms with Gasteiger partial charge in [-0.2, -0.15) is 0 Å². The van der Waals surface area contributed by atoms with E-state index in [9.17, 15) is 14.9 Å². The van der Waals surface area contributed by atoms with Crippen LogP contribution >= 0.6 is 0 Å². The van der Waals surface area contributed by atoms with Crippen LogP contribution < -0.4 is 10.5 Å². The van der Waals surface area contributed by atoms with E-state index in [4.69, 9.17) is 0 Å². The molecule has 8 nitrogen and oxygen atoms in total. The van der Waals surface area contributed by atoms with Gasteiger partial charge in [0.25, 0.3) is 5.56 Å². The van der Waals surface area contributed by atoms with Crippen LogP contribution in [0.3, 0.4) is 0 Å². The SMILES string of the molecule is Cc1cnc(N2CCc3c([nH][nH]c3=O)C2)c([N+](=O)[O-])c1. The van der Waals surface area contributed by atoms with Crippen molar-refractivity contribution in [2.24, 2.45) is 0 Å². The van der Waals surface area contributed by atoms with Gasteiger partial charge in [0.15, 0.2) is 0 Å². The zero-order valence-electron chi connectivity index (χ0n) is 10.8. The van der Waals surface area contributed by atoms with Crippen molar-refractivity contribution in [2.45, 2.75) is 19.9 Å². The molecule has 2 N–H and O–H groups in total. The molecule has 1 aliphatic rings. The molecule has 0 saturated carbocycles. The minimum atomic E-state index is -0.426. The third kappa shape index (κ3) is 1.94. The molecule has 0 unspecified atom stereocenters. The summed E-state index contributed by atoms with van der Waals surface area (Å²) in [4.78, 5) is 28.2. The summed E-state index contributed by atoms with van der Waals surface area (Å²) in [5.74, 6) is 0.341. The van der Waals surface area contributed by atoms with Crippen molar-refractivity contribution in [3.05, 3.63) is 49.6 Å². The normalized spacial score (nSPS) is 14.2. The fraction of sp³-hybridized carbons (Fsp3) is 0.333. The highest BCUT2D eigenvalue weighted by atomic mass is 16.6. The predicted octanol–water partition coefficient (Wildman–Crippen LogP) is 0.877. The molecule has 0 spiro atoms. The fourth-order valence-corrected chi connectivity index (χ4v) is 2.44. The van der Waals surface area contributed by atoms with Crippen LogP contribution in [-0.2, 0) is 13.0 Å². The minimum Gasteiger partial charge on any atom is -0.345 e. The number of aryl methyl sites for hydroxylation is 1. The summed E-state index contributed by atoms with van der Waals surface area (Å²) in [7, 11) is 0. The monoisotopic (exact) mass is 275 g/mol. The first-order valence-corrected chi connectivity index (χ1v) is 6.20. The summed E-state index contributed by atoms with van der Waals surface area (Å²) in [6.07, 6.45) is 2.15. The quantitative estimate of drug-likeness (QED) is 0.624. The molecule has 104 valence electrons. The Morgan fingerprint density at radius 2 is 2.25 bits per heavy atom. The topological polar surface area (TPSA) is 108 Å². The van der Waals surface area contributed by atoms with Crippen LogP contribution in [0.25, 0.3) is 0 Å². The molecule has 0 amide bonds. The van der Waals surface area contributed by atoms with Gasteiger partial charge in [-0.3, -0.25) is 20.0 Å². The number of nitrogens with one attached hydrogen (secondary N) is 2. The van der Waals surface area contributed by atoms with Gasteiger partial charge in [0, 0.05) is 24.4 Å². The van der Waals surface area contributed by atoms with Gasteiger partial charge < -0.3 is 10.00 Å². The first kappa shape index (κ1) is 12.4. The molecule has 0 aromatic carbocycles. The summed E-state index contributed by atoms with van der Waals surface area (Å²) in [6, 6.07) is 1.51. The van der Waals surface area contributed by atoms with Crippen LogP contribution in [0.4, 0.5) is 11.5 Å². The van der Waals surface area contributed by atoms with Gasteiger partial charge >= 0.3 is 5.69 Å². The molecule has 1 aliphatic heterocycles. The molecule has 2 aromatic rings. The highest BCUT2D eigenvalue weighted by Gasteiger charge is 2.26. The maximum Gasteiger partial charge on any atom is 0.311 e. The number of rotatable bonds is 2.